The zero-order valence-corrected chi connectivity index (χ0v) is 12.3. The molecule has 2 aromatic rings. The highest BCUT2D eigenvalue weighted by Crippen LogP contribution is 2.26. The first-order valence-corrected chi connectivity index (χ1v) is 6.98. The van der Waals surface area contributed by atoms with E-state index in [9.17, 15) is 4.79 Å². The lowest BCUT2D eigenvalue weighted by atomic mass is 10.1. The minimum absolute atomic E-state index is 0.256. The minimum Gasteiger partial charge on any atom is -0.464 e. The number of halogens is 2. The smallest absolute Gasteiger partial charge is 0.306 e. The van der Waals surface area contributed by atoms with Crippen molar-refractivity contribution in [1.82, 2.24) is 9.78 Å². The molecule has 106 valence electrons. The topological polar surface area (TPSA) is 44.1 Å². The molecule has 4 nitrogen and oxygen atoms in total. The van der Waals surface area contributed by atoms with Gasteiger partial charge < -0.3 is 4.74 Å². The Hall–Kier alpha value is -1.52. The predicted octanol–water partition coefficient (Wildman–Crippen LogP) is 3.37. The van der Waals surface area contributed by atoms with E-state index in [-0.39, 0.29) is 12.4 Å². The van der Waals surface area contributed by atoms with E-state index in [0.717, 1.165) is 5.56 Å². The molecule has 20 heavy (non-hydrogen) atoms. The van der Waals surface area contributed by atoms with Gasteiger partial charge in [0.1, 0.15) is 6.61 Å². The van der Waals surface area contributed by atoms with Crippen LogP contribution in [-0.4, -0.2) is 22.4 Å². The molecule has 0 bridgehead atoms. The van der Waals surface area contributed by atoms with Crippen molar-refractivity contribution in [3.63, 3.8) is 0 Å². The molecule has 0 aliphatic heterocycles. The molecule has 0 N–H and O–H groups in total. The van der Waals surface area contributed by atoms with Gasteiger partial charge in [-0.25, -0.2) is 0 Å². The molecule has 0 saturated heterocycles. The van der Waals surface area contributed by atoms with Crippen LogP contribution in [0.4, 0.5) is 0 Å². The molecule has 0 amide bonds. The van der Waals surface area contributed by atoms with Crippen LogP contribution in [0.3, 0.4) is 0 Å². The molecule has 0 atom stereocenters. The average Bonchev–Trinajstić information content (AvgIpc) is 2.94. The SMILES string of the molecule is O=C(CCc1cccc(Cl)c1Cl)OCCn1cccn1. The molecule has 0 saturated carbocycles. The summed E-state index contributed by atoms with van der Waals surface area (Å²) in [5, 5.41) is 5.02. The summed E-state index contributed by atoms with van der Waals surface area (Å²) >= 11 is 12.0. The summed E-state index contributed by atoms with van der Waals surface area (Å²) in [6.07, 6.45) is 4.29. The van der Waals surface area contributed by atoms with Crippen LogP contribution in [0.2, 0.25) is 10.0 Å². The molecular weight excluding hydrogens is 299 g/mol. The molecule has 1 aromatic carbocycles. The lowest BCUT2D eigenvalue weighted by Crippen LogP contribution is -2.12. The third kappa shape index (κ3) is 4.25. The van der Waals surface area contributed by atoms with Crippen molar-refractivity contribution in [2.24, 2.45) is 0 Å². The molecule has 0 fully saturated rings. The fourth-order valence-corrected chi connectivity index (χ4v) is 2.15. The molecular formula is C14H14Cl2N2O2. The van der Waals surface area contributed by atoms with Crippen LogP contribution in [0.25, 0.3) is 0 Å². The van der Waals surface area contributed by atoms with Crippen LogP contribution in [0, 0.1) is 0 Å². The molecule has 1 heterocycles. The summed E-state index contributed by atoms with van der Waals surface area (Å²) in [5.41, 5.74) is 0.850. The van der Waals surface area contributed by atoms with Gasteiger partial charge in [-0.15, -0.1) is 0 Å². The van der Waals surface area contributed by atoms with Crippen molar-refractivity contribution < 1.29 is 9.53 Å². The first-order chi connectivity index (χ1) is 9.66. The van der Waals surface area contributed by atoms with E-state index in [0.29, 0.717) is 29.6 Å². The Balaban J connectivity index is 1.73. The summed E-state index contributed by atoms with van der Waals surface area (Å²) in [6, 6.07) is 7.20. The maximum absolute atomic E-state index is 11.6. The normalized spacial score (nSPS) is 10.5. The second-order valence-electron chi connectivity index (χ2n) is 4.20. The fraction of sp³-hybridized carbons (Fsp3) is 0.286. The van der Waals surface area contributed by atoms with Crippen molar-refractivity contribution >= 4 is 29.2 Å². The Morgan fingerprint density at radius 3 is 2.90 bits per heavy atom. The molecule has 0 spiro atoms. The van der Waals surface area contributed by atoms with Crippen LogP contribution in [0.15, 0.2) is 36.7 Å². The number of ether oxygens (including phenoxy) is 1. The number of hydrogen-bond acceptors (Lipinski definition) is 3. The summed E-state index contributed by atoms with van der Waals surface area (Å²) in [5.74, 6) is -0.256. The Morgan fingerprint density at radius 2 is 2.15 bits per heavy atom. The fourth-order valence-electron chi connectivity index (χ4n) is 1.74. The van der Waals surface area contributed by atoms with Gasteiger partial charge in [-0.1, -0.05) is 35.3 Å². The highest BCUT2D eigenvalue weighted by molar-refractivity contribution is 6.42. The number of benzene rings is 1. The van der Waals surface area contributed by atoms with Crippen molar-refractivity contribution in [1.29, 1.82) is 0 Å². The lowest BCUT2D eigenvalue weighted by molar-refractivity contribution is -0.143. The summed E-state index contributed by atoms with van der Waals surface area (Å²) < 4.78 is 6.84. The van der Waals surface area contributed by atoms with Gasteiger partial charge in [0.05, 0.1) is 16.6 Å². The summed E-state index contributed by atoms with van der Waals surface area (Å²) in [6.45, 7) is 0.862. The Morgan fingerprint density at radius 1 is 1.30 bits per heavy atom. The predicted molar refractivity (Wildman–Crippen MR) is 78.0 cm³/mol. The molecule has 2 rings (SSSR count). The van der Waals surface area contributed by atoms with Crippen LogP contribution in [0.1, 0.15) is 12.0 Å². The van der Waals surface area contributed by atoms with Gasteiger partial charge in [-0.3, -0.25) is 9.48 Å². The number of esters is 1. The van der Waals surface area contributed by atoms with Gasteiger partial charge in [0.25, 0.3) is 0 Å². The lowest BCUT2D eigenvalue weighted by Gasteiger charge is -2.07. The highest BCUT2D eigenvalue weighted by Gasteiger charge is 2.08. The van der Waals surface area contributed by atoms with Crippen LogP contribution in [0.5, 0.6) is 0 Å². The number of carbonyl (C=O) groups is 1. The number of hydrogen-bond donors (Lipinski definition) is 0. The van der Waals surface area contributed by atoms with Crippen molar-refractivity contribution in [3.8, 4) is 0 Å². The first-order valence-electron chi connectivity index (χ1n) is 6.23. The molecule has 1 aromatic heterocycles. The van der Waals surface area contributed by atoms with Crippen LogP contribution >= 0.6 is 23.2 Å². The van der Waals surface area contributed by atoms with Gasteiger partial charge in [-0.2, -0.15) is 5.10 Å². The molecule has 6 heteroatoms. The van der Waals surface area contributed by atoms with E-state index in [1.807, 2.05) is 24.4 Å². The van der Waals surface area contributed by atoms with Gasteiger partial charge in [-0.05, 0) is 24.1 Å². The number of aromatic nitrogens is 2. The molecule has 0 aliphatic rings. The maximum atomic E-state index is 11.6. The largest absolute Gasteiger partial charge is 0.464 e. The number of carbonyl (C=O) groups excluding carboxylic acids is 1. The summed E-state index contributed by atoms with van der Waals surface area (Å²) in [7, 11) is 0. The third-order valence-electron chi connectivity index (χ3n) is 2.77. The quantitative estimate of drug-likeness (QED) is 0.768. The molecule has 0 aliphatic carbocycles. The monoisotopic (exact) mass is 312 g/mol. The van der Waals surface area contributed by atoms with Gasteiger partial charge in [0.2, 0.25) is 0 Å². The average molecular weight is 313 g/mol. The van der Waals surface area contributed by atoms with Crippen LogP contribution in [-0.2, 0) is 22.5 Å². The van der Waals surface area contributed by atoms with E-state index >= 15 is 0 Å². The van der Waals surface area contributed by atoms with E-state index in [1.165, 1.54) is 0 Å². The van der Waals surface area contributed by atoms with Crippen molar-refractivity contribution in [2.45, 2.75) is 19.4 Å². The Bertz CT molecular complexity index is 571. The zero-order chi connectivity index (χ0) is 14.4. The summed E-state index contributed by atoms with van der Waals surface area (Å²) in [4.78, 5) is 11.6. The zero-order valence-electron chi connectivity index (χ0n) is 10.8. The highest BCUT2D eigenvalue weighted by atomic mass is 35.5. The second-order valence-corrected chi connectivity index (χ2v) is 4.99. The number of nitrogens with zero attached hydrogens (tertiary/aromatic N) is 2. The van der Waals surface area contributed by atoms with E-state index in [4.69, 9.17) is 27.9 Å². The molecule has 0 radical (unpaired) electrons. The number of aryl methyl sites for hydroxylation is 1. The van der Waals surface area contributed by atoms with E-state index < -0.39 is 0 Å². The first kappa shape index (κ1) is 14.9. The van der Waals surface area contributed by atoms with Gasteiger partial charge in [0, 0.05) is 18.8 Å². The van der Waals surface area contributed by atoms with Crippen molar-refractivity contribution in [2.75, 3.05) is 6.61 Å². The maximum Gasteiger partial charge on any atom is 0.306 e. The van der Waals surface area contributed by atoms with E-state index in [1.54, 1.807) is 16.9 Å². The molecule has 0 unspecified atom stereocenters. The van der Waals surface area contributed by atoms with Gasteiger partial charge >= 0.3 is 5.97 Å². The third-order valence-corrected chi connectivity index (χ3v) is 3.63. The Kier molecular flexibility index (Phi) is 5.44. The standard InChI is InChI=1S/C14H14Cl2N2O2/c15-12-4-1-3-11(14(12)16)5-6-13(19)20-10-9-18-8-2-7-17-18/h1-4,7-8H,5-6,9-10H2. The van der Waals surface area contributed by atoms with Crippen LogP contribution < -0.4 is 0 Å². The number of rotatable bonds is 6. The van der Waals surface area contributed by atoms with Crippen molar-refractivity contribution in [3.05, 3.63) is 52.3 Å². The minimum atomic E-state index is -0.256. The van der Waals surface area contributed by atoms with Gasteiger partial charge in [0.15, 0.2) is 0 Å². The van der Waals surface area contributed by atoms with E-state index in [2.05, 4.69) is 5.10 Å². The Labute approximate surface area is 127 Å². The second kappa shape index (κ2) is 7.31.